The predicted octanol–water partition coefficient (Wildman–Crippen LogP) is 2.79. The molecule has 21 heavy (non-hydrogen) atoms. The molecule has 0 aliphatic heterocycles. The topological polar surface area (TPSA) is 66.5 Å². The molecule has 0 radical (unpaired) electrons. The van der Waals surface area contributed by atoms with E-state index in [9.17, 15) is 4.79 Å². The molecule has 2 N–H and O–H groups in total. The maximum atomic E-state index is 12.0. The van der Waals surface area contributed by atoms with Gasteiger partial charge in [0.1, 0.15) is 5.75 Å². The maximum absolute atomic E-state index is 12.0. The fourth-order valence-corrected chi connectivity index (χ4v) is 2.21. The van der Waals surface area contributed by atoms with Gasteiger partial charge in [-0.25, -0.2) is 5.43 Å². The number of H-pyrrole nitrogens is 1. The molecule has 1 heterocycles. The Balaban J connectivity index is 2.10. The Labute approximate surface area is 124 Å². The Hall–Kier alpha value is -2.56. The van der Waals surface area contributed by atoms with Crippen LogP contribution in [0.3, 0.4) is 0 Å². The standard InChI is InChI=1S/C16H19N3O2/c1-10-9-17-11(2)15(10)12(3)18-19-16(20)13-5-7-14(21-4)8-6-13/h5-9,17H,1-4H3,(H,19,20)/b18-12+. The molecule has 0 saturated carbocycles. The summed E-state index contributed by atoms with van der Waals surface area (Å²) >= 11 is 0. The third kappa shape index (κ3) is 3.31. The summed E-state index contributed by atoms with van der Waals surface area (Å²) in [6.45, 7) is 5.85. The SMILES string of the molecule is COc1ccc(C(=O)N/N=C(\C)c2c(C)c[nH]c2C)cc1. The van der Waals surface area contributed by atoms with Crippen LogP contribution in [-0.4, -0.2) is 23.7 Å². The van der Waals surface area contributed by atoms with Crippen molar-refractivity contribution in [1.82, 2.24) is 10.4 Å². The van der Waals surface area contributed by atoms with Crippen LogP contribution >= 0.6 is 0 Å². The van der Waals surface area contributed by atoms with E-state index in [2.05, 4.69) is 15.5 Å². The first kappa shape index (κ1) is 14.8. The Bertz CT molecular complexity index is 650. The summed E-state index contributed by atoms with van der Waals surface area (Å²) in [5, 5.41) is 4.17. The van der Waals surface area contributed by atoms with Crippen molar-refractivity contribution in [1.29, 1.82) is 0 Å². The van der Waals surface area contributed by atoms with E-state index in [1.165, 1.54) is 0 Å². The molecular weight excluding hydrogens is 266 g/mol. The molecule has 0 unspecified atom stereocenters. The second-order valence-electron chi connectivity index (χ2n) is 4.84. The highest BCUT2D eigenvalue weighted by Gasteiger charge is 2.09. The van der Waals surface area contributed by atoms with Crippen LogP contribution in [-0.2, 0) is 0 Å². The first-order valence-corrected chi connectivity index (χ1v) is 6.66. The number of aryl methyl sites for hydroxylation is 2. The quantitative estimate of drug-likeness (QED) is 0.670. The molecule has 0 atom stereocenters. The molecule has 0 bridgehead atoms. The number of rotatable bonds is 4. The molecule has 0 aliphatic rings. The van der Waals surface area contributed by atoms with Crippen molar-refractivity contribution in [2.45, 2.75) is 20.8 Å². The number of amides is 1. The number of ether oxygens (including phenoxy) is 1. The number of aromatic nitrogens is 1. The molecule has 2 rings (SSSR count). The van der Waals surface area contributed by atoms with Crippen LogP contribution in [0, 0.1) is 13.8 Å². The number of nitrogens with zero attached hydrogens (tertiary/aromatic N) is 1. The smallest absolute Gasteiger partial charge is 0.271 e. The van der Waals surface area contributed by atoms with Crippen molar-refractivity contribution >= 4 is 11.6 Å². The highest BCUT2D eigenvalue weighted by Crippen LogP contribution is 2.13. The maximum Gasteiger partial charge on any atom is 0.271 e. The summed E-state index contributed by atoms with van der Waals surface area (Å²) in [5.41, 5.74) is 7.05. The first-order valence-electron chi connectivity index (χ1n) is 6.66. The molecular formula is C16H19N3O2. The average Bonchev–Trinajstić information content (AvgIpc) is 2.83. The van der Waals surface area contributed by atoms with Crippen molar-refractivity contribution in [3.8, 4) is 5.75 Å². The van der Waals surface area contributed by atoms with Crippen molar-refractivity contribution in [3.05, 3.63) is 52.8 Å². The number of nitrogens with one attached hydrogen (secondary N) is 2. The number of aromatic amines is 1. The second kappa shape index (κ2) is 6.26. The summed E-state index contributed by atoms with van der Waals surface area (Å²) in [6, 6.07) is 6.88. The van der Waals surface area contributed by atoms with Gasteiger partial charge in [-0.3, -0.25) is 4.79 Å². The molecule has 1 aromatic carbocycles. The number of hydrogen-bond acceptors (Lipinski definition) is 3. The zero-order valence-electron chi connectivity index (χ0n) is 12.7. The van der Waals surface area contributed by atoms with E-state index in [0.717, 1.165) is 22.5 Å². The minimum atomic E-state index is -0.247. The van der Waals surface area contributed by atoms with Gasteiger partial charge in [-0.15, -0.1) is 0 Å². The Kier molecular flexibility index (Phi) is 4.42. The van der Waals surface area contributed by atoms with Crippen LogP contribution in [0.25, 0.3) is 0 Å². The summed E-state index contributed by atoms with van der Waals surface area (Å²) < 4.78 is 5.06. The predicted molar refractivity (Wildman–Crippen MR) is 82.9 cm³/mol. The molecule has 5 heteroatoms. The molecule has 5 nitrogen and oxygen atoms in total. The van der Waals surface area contributed by atoms with Crippen molar-refractivity contribution in [3.63, 3.8) is 0 Å². The third-order valence-electron chi connectivity index (χ3n) is 3.31. The van der Waals surface area contributed by atoms with Gasteiger partial charge in [0.05, 0.1) is 12.8 Å². The third-order valence-corrected chi connectivity index (χ3v) is 3.31. The number of carbonyl (C=O) groups excluding carboxylic acids is 1. The van der Waals surface area contributed by atoms with E-state index in [1.807, 2.05) is 27.0 Å². The van der Waals surface area contributed by atoms with Gasteiger partial charge in [-0.05, 0) is 50.6 Å². The second-order valence-corrected chi connectivity index (χ2v) is 4.84. The monoisotopic (exact) mass is 285 g/mol. The minimum Gasteiger partial charge on any atom is -0.497 e. The molecule has 1 aromatic heterocycles. The zero-order valence-corrected chi connectivity index (χ0v) is 12.7. The van der Waals surface area contributed by atoms with Gasteiger partial charge < -0.3 is 9.72 Å². The molecule has 0 spiro atoms. The van der Waals surface area contributed by atoms with Crippen LogP contribution in [0.5, 0.6) is 5.75 Å². The zero-order chi connectivity index (χ0) is 15.4. The van der Waals surface area contributed by atoms with Crippen LogP contribution in [0.4, 0.5) is 0 Å². The van der Waals surface area contributed by atoms with Gasteiger partial charge in [0.2, 0.25) is 0 Å². The molecule has 110 valence electrons. The molecule has 2 aromatic rings. The van der Waals surface area contributed by atoms with E-state index < -0.39 is 0 Å². The summed E-state index contributed by atoms with van der Waals surface area (Å²) in [7, 11) is 1.59. The van der Waals surface area contributed by atoms with Crippen molar-refractivity contribution in [2.24, 2.45) is 5.10 Å². The van der Waals surface area contributed by atoms with Gasteiger partial charge in [0, 0.05) is 23.0 Å². The molecule has 0 saturated heterocycles. The van der Waals surface area contributed by atoms with Crippen molar-refractivity contribution in [2.75, 3.05) is 7.11 Å². The number of carbonyl (C=O) groups is 1. The van der Waals surface area contributed by atoms with Gasteiger partial charge in [0.25, 0.3) is 5.91 Å². The van der Waals surface area contributed by atoms with Crippen LogP contribution < -0.4 is 10.2 Å². The lowest BCUT2D eigenvalue weighted by Crippen LogP contribution is -2.19. The average molecular weight is 285 g/mol. The number of hydrazone groups is 1. The largest absolute Gasteiger partial charge is 0.497 e. The fourth-order valence-electron chi connectivity index (χ4n) is 2.21. The van der Waals surface area contributed by atoms with E-state index in [-0.39, 0.29) is 5.91 Å². The summed E-state index contributed by atoms with van der Waals surface area (Å²) in [4.78, 5) is 15.2. The van der Waals surface area contributed by atoms with E-state index >= 15 is 0 Å². The van der Waals surface area contributed by atoms with Gasteiger partial charge in [-0.2, -0.15) is 5.10 Å². The van der Waals surface area contributed by atoms with Gasteiger partial charge >= 0.3 is 0 Å². The van der Waals surface area contributed by atoms with Gasteiger partial charge in [-0.1, -0.05) is 0 Å². The van der Waals surface area contributed by atoms with Gasteiger partial charge in [0.15, 0.2) is 0 Å². The lowest BCUT2D eigenvalue weighted by molar-refractivity contribution is 0.0955. The number of methoxy groups -OCH3 is 1. The van der Waals surface area contributed by atoms with Crippen molar-refractivity contribution < 1.29 is 9.53 Å². The summed E-state index contributed by atoms with van der Waals surface area (Å²) in [5.74, 6) is 0.465. The first-order chi connectivity index (χ1) is 10.0. The molecule has 1 amide bonds. The van der Waals surface area contributed by atoms with E-state index in [1.54, 1.807) is 31.4 Å². The van der Waals surface area contributed by atoms with Crippen LogP contribution in [0.1, 0.15) is 34.1 Å². The number of benzene rings is 1. The lowest BCUT2D eigenvalue weighted by Gasteiger charge is -2.05. The van der Waals surface area contributed by atoms with Crippen LogP contribution in [0.15, 0.2) is 35.6 Å². The summed E-state index contributed by atoms with van der Waals surface area (Å²) in [6.07, 6.45) is 1.93. The lowest BCUT2D eigenvalue weighted by atomic mass is 10.1. The van der Waals surface area contributed by atoms with E-state index in [0.29, 0.717) is 11.3 Å². The minimum absolute atomic E-state index is 0.247. The van der Waals surface area contributed by atoms with Crippen LogP contribution in [0.2, 0.25) is 0 Å². The number of hydrogen-bond donors (Lipinski definition) is 2. The Morgan fingerprint density at radius 3 is 2.43 bits per heavy atom. The Morgan fingerprint density at radius 2 is 1.90 bits per heavy atom. The highest BCUT2D eigenvalue weighted by atomic mass is 16.5. The Morgan fingerprint density at radius 1 is 1.24 bits per heavy atom. The fraction of sp³-hybridized carbons (Fsp3) is 0.250. The highest BCUT2D eigenvalue weighted by molar-refractivity contribution is 6.02. The van der Waals surface area contributed by atoms with E-state index in [4.69, 9.17) is 4.74 Å². The molecule has 0 aliphatic carbocycles. The normalized spacial score (nSPS) is 11.3. The molecule has 0 fully saturated rings.